The fraction of sp³-hybridized carbons (Fsp3) is 0.300. The third-order valence-electron chi connectivity index (χ3n) is 4.27. The van der Waals surface area contributed by atoms with E-state index < -0.39 is 0 Å². The Kier molecular flexibility index (Phi) is 4.94. The Morgan fingerprint density at radius 1 is 1.19 bits per heavy atom. The number of anilines is 1. The highest BCUT2D eigenvalue weighted by Crippen LogP contribution is 2.20. The van der Waals surface area contributed by atoms with Gasteiger partial charge in [0.1, 0.15) is 0 Å². The molecule has 0 saturated carbocycles. The Hall–Kier alpha value is -3.22. The van der Waals surface area contributed by atoms with Crippen LogP contribution in [0.2, 0.25) is 0 Å². The first kappa shape index (κ1) is 18.6. The van der Waals surface area contributed by atoms with E-state index in [1.807, 2.05) is 18.5 Å². The summed E-state index contributed by atoms with van der Waals surface area (Å²) in [5.41, 5.74) is 2.95. The molecule has 2 heterocycles. The van der Waals surface area contributed by atoms with Gasteiger partial charge in [-0.05, 0) is 45.0 Å². The first-order chi connectivity index (χ1) is 12.8. The zero-order valence-corrected chi connectivity index (χ0v) is 16.1. The molecule has 27 heavy (non-hydrogen) atoms. The van der Waals surface area contributed by atoms with E-state index in [2.05, 4.69) is 15.4 Å². The molecule has 3 aromatic rings. The van der Waals surface area contributed by atoms with Crippen LogP contribution in [-0.4, -0.2) is 45.6 Å². The van der Waals surface area contributed by atoms with Crippen molar-refractivity contribution in [2.75, 3.05) is 19.4 Å². The van der Waals surface area contributed by atoms with Gasteiger partial charge in [0.25, 0.3) is 11.8 Å². The van der Waals surface area contributed by atoms with Crippen molar-refractivity contribution in [3.8, 4) is 0 Å². The number of hydrogen-bond acceptors (Lipinski definition) is 4. The molecular formula is C20H23N5O2. The molecule has 3 rings (SSSR count). The van der Waals surface area contributed by atoms with Crippen LogP contribution in [-0.2, 0) is 0 Å². The molecule has 0 bridgehead atoms. The number of rotatable bonds is 4. The third kappa shape index (κ3) is 3.67. The molecule has 0 fully saturated rings. The molecule has 0 aliphatic carbocycles. The van der Waals surface area contributed by atoms with E-state index in [0.717, 1.165) is 11.0 Å². The van der Waals surface area contributed by atoms with E-state index in [-0.39, 0.29) is 17.9 Å². The molecule has 0 aliphatic rings. The van der Waals surface area contributed by atoms with Crippen molar-refractivity contribution in [1.82, 2.24) is 19.7 Å². The second-order valence-electron chi connectivity index (χ2n) is 6.95. The number of aryl methyl sites for hydroxylation is 1. The summed E-state index contributed by atoms with van der Waals surface area (Å²) in [6.07, 6.45) is 1.72. The maximum absolute atomic E-state index is 12.8. The van der Waals surface area contributed by atoms with Crippen molar-refractivity contribution in [2.24, 2.45) is 0 Å². The van der Waals surface area contributed by atoms with Gasteiger partial charge in [0.2, 0.25) is 0 Å². The van der Waals surface area contributed by atoms with E-state index in [9.17, 15) is 9.59 Å². The lowest BCUT2D eigenvalue weighted by Crippen LogP contribution is -2.22. The van der Waals surface area contributed by atoms with Gasteiger partial charge >= 0.3 is 0 Å². The standard InChI is InChI=1S/C20H23N5O2/c1-12(2)25-18-15(11-21-25)10-17(13(3)22-18)19(26)23-16-8-6-7-14(9-16)20(27)24(4)5/h6-12H,1-5H3,(H,23,26). The largest absolute Gasteiger partial charge is 0.345 e. The van der Waals surface area contributed by atoms with Gasteiger partial charge in [-0.15, -0.1) is 0 Å². The third-order valence-corrected chi connectivity index (χ3v) is 4.27. The molecule has 0 saturated heterocycles. The number of nitrogens with one attached hydrogen (secondary N) is 1. The monoisotopic (exact) mass is 365 g/mol. The minimum atomic E-state index is -0.270. The highest BCUT2D eigenvalue weighted by molar-refractivity contribution is 6.07. The number of carbonyl (C=O) groups excluding carboxylic acids is 2. The molecule has 0 radical (unpaired) electrons. The van der Waals surface area contributed by atoms with E-state index in [0.29, 0.717) is 22.5 Å². The summed E-state index contributed by atoms with van der Waals surface area (Å²) in [6.45, 7) is 5.87. The van der Waals surface area contributed by atoms with Crippen molar-refractivity contribution in [3.63, 3.8) is 0 Å². The zero-order chi connectivity index (χ0) is 19.7. The van der Waals surface area contributed by atoms with Crippen LogP contribution in [0.3, 0.4) is 0 Å². The highest BCUT2D eigenvalue weighted by Gasteiger charge is 2.16. The molecule has 2 amide bonds. The van der Waals surface area contributed by atoms with Crippen molar-refractivity contribution in [1.29, 1.82) is 0 Å². The lowest BCUT2D eigenvalue weighted by Gasteiger charge is -2.12. The summed E-state index contributed by atoms with van der Waals surface area (Å²) < 4.78 is 1.83. The highest BCUT2D eigenvalue weighted by atomic mass is 16.2. The molecule has 0 aliphatic heterocycles. The van der Waals surface area contributed by atoms with Gasteiger partial charge in [-0.1, -0.05) is 6.07 Å². The Morgan fingerprint density at radius 2 is 1.93 bits per heavy atom. The van der Waals surface area contributed by atoms with Crippen LogP contribution >= 0.6 is 0 Å². The number of carbonyl (C=O) groups is 2. The van der Waals surface area contributed by atoms with Crippen molar-refractivity contribution >= 4 is 28.5 Å². The maximum Gasteiger partial charge on any atom is 0.257 e. The molecule has 1 aromatic carbocycles. The van der Waals surface area contributed by atoms with Gasteiger partial charge in [-0.25, -0.2) is 9.67 Å². The Bertz CT molecular complexity index is 1020. The average molecular weight is 365 g/mol. The number of amides is 2. The topological polar surface area (TPSA) is 80.1 Å². The van der Waals surface area contributed by atoms with Crippen molar-refractivity contribution in [2.45, 2.75) is 26.8 Å². The summed E-state index contributed by atoms with van der Waals surface area (Å²) in [5, 5.41) is 8.01. The van der Waals surface area contributed by atoms with E-state index in [1.54, 1.807) is 57.5 Å². The van der Waals surface area contributed by atoms with Crippen LogP contribution in [0.1, 0.15) is 46.3 Å². The lowest BCUT2D eigenvalue weighted by atomic mass is 10.1. The van der Waals surface area contributed by atoms with Gasteiger partial charge in [-0.3, -0.25) is 9.59 Å². The predicted octanol–water partition coefficient (Wildman–Crippen LogP) is 3.27. The summed E-state index contributed by atoms with van der Waals surface area (Å²) in [5.74, 6) is -0.389. The Morgan fingerprint density at radius 3 is 2.59 bits per heavy atom. The number of aromatic nitrogens is 3. The quantitative estimate of drug-likeness (QED) is 0.769. The minimum absolute atomic E-state index is 0.119. The summed E-state index contributed by atoms with van der Waals surface area (Å²) >= 11 is 0. The number of nitrogens with zero attached hydrogens (tertiary/aromatic N) is 4. The first-order valence-electron chi connectivity index (χ1n) is 8.76. The van der Waals surface area contributed by atoms with Crippen LogP contribution in [0.15, 0.2) is 36.5 Å². The SMILES string of the molecule is Cc1nc2c(cnn2C(C)C)cc1C(=O)Nc1cccc(C(=O)N(C)C)c1. The second-order valence-corrected chi connectivity index (χ2v) is 6.95. The molecular weight excluding hydrogens is 342 g/mol. The number of pyridine rings is 1. The molecule has 0 spiro atoms. The Labute approximate surface area is 158 Å². The average Bonchev–Trinajstić information content (AvgIpc) is 3.03. The van der Waals surface area contributed by atoms with Gasteiger partial charge < -0.3 is 10.2 Å². The van der Waals surface area contributed by atoms with Crippen molar-refractivity contribution in [3.05, 3.63) is 53.3 Å². The molecule has 0 atom stereocenters. The summed E-state index contributed by atoms with van der Waals surface area (Å²) in [6, 6.07) is 8.87. The second kappa shape index (κ2) is 7.19. The molecule has 2 aromatic heterocycles. The predicted molar refractivity (Wildman–Crippen MR) is 105 cm³/mol. The fourth-order valence-electron chi connectivity index (χ4n) is 2.86. The van der Waals surface area contributed by atoms with Gasteiger partial charge in [0.15, 0.2) is 5.65 Å². The minimum Gasteiger partial charge on any atom is -0.345 e. The van der Waals surface area contributed by atoms with Gasteiger partial charge in [0, 0.05) is 36.8 Å². The normalized spacial score (nSPS) is 11.0. The van der Waals surface area contributed by atoms with Crippen molar-refractivity contribution < 1.29 is 9.59 Å². The number of hydrogen-bond donors (Lipinski definition) is 1. The van der Waals surface area contributed by atoms with E-state index >= 15 is 0 Å². The molecule has 7 heteroatoms. The van der Waals surface area contributed by atoms with Crippen LogP contribution < -0.4 is 5.32 Å². The van der Waals surface area contributed by atoms with E-state index in [1.165, 1.54) is 4.90 Å². The van der Waals surface area contributed by atoms with E-state index in [4.69, 9.17) is 0 Å². The van der Waals surface area contributed by atoms with Crippen LogP contribution in [0, 0.1) is 6.92 Å². The lowest BCUT2D eigenvalue weighted by molar-refractivity contribution is 0.0827. The van der Waals surface area contributed by atoms with Crippen LogP contribution in [0.25, 0.3) is 11.0 Å². The zero-order valence-electron chi connectivity index (χ0n) is 16.1. The molecule has 0 unspecified atom stereocenters. The van der Waals surface area contributed by atoms with Crippen LogP contribution in [0.5, 0.6) is 0 Å². The van der Waals surface area contributed by atoms with Crippen LogP contribution in [0.4, 0.5) is 5.69 Å². The summed E-state index contributed by atoms with van der Waals surface area (Å²) in [7, 11) is 3.38. The molecule has 140 valence electrons. The molecule has 7 nitrogen and oxygen atoms in total. The Balaban J connectivity index is 1.90. The van der Waals surface area contributed by atoms with Gasteiger partial charge in [0.05, 0.1) is 17.5 Å². The first-order valence-corrected chi connectivity index (χ1v) is 8.76. The van der Waals surface area contributed by atoms with Gasteiger partial charge in [-0.2, -0.15) is 5.10 Å². The number of fused-ring (bicyclic) bond motifs is 1. The smallest absolute Gasteiger partial charge is 0.257 e. The molecule has 1 N–H and O–H groups in total. The summed E-state index contributed by atoms with van der Waals surface area (Å²) in [4.78, 5) is 30.9. The maximum atomic E-state index is 12.8. The number of benzene rings is 1. The fourth-order valence-corrected chi connectivity index (χ4v) is 2.86.